The van der Waals surface area contributed by atoms with Gasteiger partial charge in [0.2, 0.25) is 0 Å². The van der Waals surface area contributed by atoms with Gasteiger partial charge in [-0.1, -0.05) is 32.4 Å². The molecule has 1 aromatic heterocycles. The number of nitrogens with zero attached hydrogens (tertiary/aromatic N) is 2. The molecule has 108 valence electrons. The van der Waals surface area contributed by atoms with Crippen LogP contribution >= 0.6 is 11.6 Å². The van der Waals surface area contributed by atoms with Crippen molar-refractivity contribution in [3.05, 3.63) is 16.9 Å². The highest BCUT2D eigenvalue weighted by atomic mass is 35.5. The van der Waals surface area contributed by atoms with E-state index in [1.54, 1.807) is 13.3 Å². The van der Waals surface area contributed by atoms with Crippen LogP contribution in [0.3, 0.4) is 0 Å². The smallest absolute Gasteiger partial charge is 0.0837 e. The van der Waals surface area contributed by atoms with Gasteiger partial charge in [-0.3, -0.25) is 4.68 Å². The van der Waals surface area contributed by atoms with Crippen molar-refractivity contribution in [2.24, 2.45) is 5.41 Å². The van der Waals surface area contributed by atoms with Crippen molar-refractivity contribution in [3.8, 4) is 0 Å². The number of ether oxygens (including phenoxy) is 1. The minimum atomic E-state index is -0.103. The summed E-state index contributed by atoms with van der Waals surface area (Å²) in [5.74, 6) is 0. The van der Waals surface area contributed by atoms with Gasteiger partial charge in [0.1, 0.15) is 0 Å². The predicted octanol–water partition coefficient (Wildman–Crippen LogP) is 2.81. The maximum atomic E-state index is 6.44. The molecule has 0 spiro atoms. The minimum Gasteiger partial charge on any atom is -0.383 e. The molecule has 1 fully saturated rings. The maximum absolute atomic E-state index is 6.44. The van der Waals surface area contributed by atoms with Crippen LogP contribution in [0.15, 0.2) is 6.20 Å². The van der Waals surface area contributed by atoms with Crippen LogP contribution in [0.25, 0.3) is 0 Å². The summed E-state index contributed by atoms with van der Waals surface area (Å²) in [6.07, 6.45) is 4.01. The number of methoxy groups -OCH3 is 1. The lowest BCUT2D eigenvalue weighted by Crippen LogP contribution is -2.49. The lowest BCUT2D eigenvalue weighted by Gasteiger charge is -2.42. The summed E-state index contributed by atoms with van der Waals surface area (Å²) in [6, 6.07) is 0. The molecule has 0 aliphatic carbocycles. The van der Waals surface area contributed by atoms with E-state index in [4.69, 9.17) is 16.3 Å². The zero-order chi connectivity index (χ0) is 14.1. The van der Waals surface area contributed by atoms with E-state index in [2.05, 4.69) is 31.2 Å². The lowest BCUT2D eigenvalue weighted by atomic mass is 9.70. The Morgan fingerprint density at radius 1 is 1.53 bits per heavy atom. The lowest BCUT2D eigenvalue weighted by molar-refractivity contribution is 0.138. The number of rotatable bonds is 4. The number of nitrogens with one attached hydrogen (secondary N) is 1. The third-order valence-corrected chi connectivity index (χ3v) is 4.42. The Morgan fingerprint density at radius 2 is 2.26 bits per heavy atom. The van der Waals surface area contributed by atoms with Gasteiger partial charge >= 0.3 is 0 Å². The van der Waals surface area contributed by atoms with Gasteiger partial charge in [-0.05, 0) is 24.8 Å². The average molecular weight is 286 g/mol. The summed E-state index contributed by atoms with van der Waals surface area (Å²) >= 11 is 6.44. The van der Waals surface area contributed by atoms with Gasteiger partial charge in [0.15, 0.2) is 0 Å². The molecule has 0 bridgehead atoms. The fourth-order valence-electron chi connectivity index (χ4n) is 3.08. The average Bonchev–Trinajstić information content (AvgIpc) is 2.92. The monoisotopic (exact) mass is 285 g/mol. The second-order valence-electron chi connectivity index (χ2n) is 6.24. The topological polar surface area (TPSA) is 39.1 Å². The molecule has 0 aromatic carbocycles. The molecule has 1 aliphatic heterocycles. The molecule has 19 heavy (non-hydrogen) atoms. The molecule has 1 saturated heterocycles. The highest BCUT2D eigenvalue weighted by Crippen LogP contribution is 2.47. The summed E-state index contributed by atoms with van der Waals surface area (Å²) < 4.78 is 7.16. The van der Waals surface area contributed by atoms with E-state index in [-0.39, 0.29) is 11.0 Å². The van der Waals surface area contributed by atoms with Crippen LogP contribution in [-0.4, -0.2) is 30.0 Å². The van der Waals surface area contributed by atoms with Crippen molar-refractivity contribution in [1.29, 1.82) is 0 Å². The third-order valence-electron chi connectivity index (χ3n) is 4.14. The van der Waals surface area contributed by atoms with Crippen LogP contribution in [0, 0.1) is 5.41 Å². The molecule has 0 saturated carbocycles. The molecule has 1 aromatic rings. The number of aromatic nitrogens is 2. The molecule has 1 N–H and O–H groups in total. The van der Waals surface area contributed by atoms with Crippen LogP contribution in [0.1, 0.15) is 39.3 Å². The molecule has 1 unspecified atom stereocenters. The molecule has 0 amide bonds. The third kappa shape index (κ3) is 2.54. The van der Waals surface area contributed by atoms with Crippen LogP contribution in [0.5, 0.6) is 0 Å². The minimum absolute atomic E-state index is 0.0813. The van der Waals surface area contributed by atoms with Gasteiger partial charge in [0.05, 0.1) is 35.6 Å². The van der Waals surface area contributed by atoms with E-state index in [0.717, 1.165) is 30.2 Å². The summed E-state index contributed by atoms with van der Waals surface area (Å²) in [7, 11) is 1.71. The zero-order valence-electron chi connectivity index (χ0n) is 12.3. The Bertz CT molecular complexity index is 430. The normalized spacial score (nSPS) is 24.1. The van der Waals surface area contributed by atoms with Gasteiger partial charge in [0, 0.05) is 7.11 Å². The van der Waals surface area contributed by atoms with Crippen molar-refractivity contribution in [1.82, 2.24) is 15.1 Å². The van der Waals surface area contributed by atoms with Gasteiger partial charge in [-0.2, -0.15) is 5.10 Å². The predicted molar refractivity (Wildman–Crippen MR) is 77.5 cm³/mol. The summed E-state index contributed by atoms with van der Waals surface area (Å²) in [6.45, 7) is 9.19. The van der Waals surface area contributed by atoms with Crippen LogP contribution in [0.4, 0.5) is 0 Å². The van der Waals surface area contributed by atoms with E-state index < -0.39 is 0 Å². The van der Waals surface area contributed by atoms with Crippen molar-refractivity contribution in [2.45, 2.75) is 45.7 Å². The van der Waals surface area contributed by atoms with Gasteiger partial charge in [-0.15, -0.1) is 0 Å². The van der Waals surface area contributed by atoms with Gasteiger partial charge in [0.25, 0.3) is 0 Å². The first-order valence-electron chi connectivity index (χ1n) is 6.88. The number of hydrogen-bond donors (Lipinski definition) is 1. The molecule has 1 aliphatic rings. The fraction of sp³-hybridized carbons (Fsp3) is 0.786. The quantitative estimate of drug-likeness (QED) is 0.925. The molecular formula is C14H24ClN3O. The molecule has 4 nitrogen and oxygen atoms in total. The van der Waals surface area contributed by atoms with Crippen molar-refractivity contribution >= 4 is 11.6 Å². The van der Waals surface area contributed by atoms with E-state index in [0.29, 0.717) is 6.61 Å². The SMILES string of the molecule is COCCn1ncc(Cl)c1C1(C(C)(C)C)CCCN1. The number of hydrogen-bond acceptors (Lipinski definition) is 3. The second kappa shape index (κ2) is 5.43. The zero-order valence-corrected chi connectivity index (χ0v) is 13.0. The molecule has 2 rings (SSSR count). The highest BCUT2D eigenvalue weighted by Gasteiger charge is 2.48. The number of halogens is 1. The van der Waals surface area contributed by atoms with Gasteiger partial charge in [-0.25, -0.2) is 0 Å². The van der Waals surface area contributed by atoms with E-state index in [1.807, 2.05) is 4.68 Å². The Hall–Kier alpha value is -0.580. The first kappa shape index (κ1) is 14.8. The maximum Gasteiger partial charge on any atom is 0.0837 e. The van der Waals surface area contributed by atoms with Gasteiger partial charge < -0.3 is 10.1 Å². The van der Waals surface area contributed by atoms with Crippen molar-refractivity contribution in [3.63, 3.8) is 0 Å². The molecule has 5 heteroatoms. The molecule has 0 radical (unpaired) electrons. The first-order chi connectivity index (χ1) is 8.92. The van der Waals surface area contributed by atoms with Crippen molar-refractivity contribution in [2.75, 3.05) is 20.3 Å². The molecule has 2 heterocycles. The summed E-state index contributed by atoms with van der Waals surface area (Å²) in [5.41, 5.74) is 1.09. The van der Waals surface area contributed by atoms with E-state index >= 15 is 0 Å². The Morgan fingerprint density at radius 3 is 2.79 bits per heavy atom. The van der Waals surface area contributed by atoms with E-state index in [1.165, 1.54) is 6.42 Å². The van der Waals surface area contributed by atoms with Crippen LogP contribution in [0.2, 0.25) is 5.02 Å². The standard InChI is InChI=1S/C14H24ClN3O/c1-13(2,3)14(6-5-7-16-14)12-11(15)10-17-18(12)8-9-19-4/h10,16H,5-9H2,1-4H3. The van der Waals surface area contributed by atoms with Crippen LogP contribution < -0.4 is 5.32 Å². The van der Waals surface area contributed by atoms with Crippen molar-refractivity contribution < 1.29 is 4.74 Å². The Balaban J connectivity index is 2.45. The largest absolute Gasteiger partial charge is 0.383 e. The first-order valence-corrected chi connectivity index (χ1v) is 7.26. The fourth-order valence-corrected chi connectivity index (χ4v) is 3.38. The Kier molecular flexibility index (Phi) is 4.23. The molecular weight excluding hydrogens is 262 g/mol. The van der Waals surface area contributed by atoms with E-state index in [9.17, 15) is 0 Å². The van der Waals surface area contributed by atoms with Crippen LogP contribution in [-0.2, 0) is 16.8 Å². The second-order valence-corrected chi connectivity index (χ2v) is 6.65. The summed E-state index contributed by atoms with van der Waals surface area (Å²) in [5, 5.41) is 8.86. The highest BCUT2D eigenvalue weighted by molar-refractivity contribution is 6.31. The molecule has 1 atom stereocenters. The summed E-state index contributed by atoms with van der Waals surface area (Å²) in [4.78, 5) is 0. The Labute approximate surface area is 120 Å².